The lowest BCUT2D eigenvalue weighted by molar-refractivity contribution is -0.143. The average Bonchev–Trinajstić information content (AvgIpc) is 3.02. The number of carboxylic acid groups (broad SMARTS) is 2. The molecule has 1 aromatic carbocycles. The SMILES string of the molecule is CC(C)CC(C(=O)O)N(C(=O)O)C(I)Cc1cncn1Cc1ccc(Cl)cc1. The quantitative estimate of drug-likeness (QED) is 0.291. The first-order chi connectivity index (χ1) is 13.2. The van der Waals surface area contributed by atoms with Crippen LogP contribution in [0.1, 0.15) is 31.5 Å². The summed E-state index contributed by atoms with van der Waals surface area (Å²) < 4.78 is 1.38. The molecule has 1 amide bonds. The van der Waals surface area contributed by atoms with Crippen molar-refractivity contribution >= 4 is 46.3 Å². The summed E-state index contributed by atoms with van der Waals surface area (Å²) in [6.45, 7) is 4.32. The second-order valence-corrected chi connectivity index (χ2v) is 8.83. The third-order valence-corrected chi connectivity index (χ3v) is 5.57. The molecule has 2 unspecified atom stereocenters. The fourth-order valence-electron chi connectivity index (χ4n) is 2.95. The molecule has 0 aliphatic rings. The Hall–Kier alpha value is -1.81. The molecule has 152 valence electrons. The second-order valence-electron chi connectivity index (χ2n) is 6.95. The molecule has 0 fully saturated rings. The summed E-state index contributed by atoms with van der Waals surface area (Å²) >= 11 is 7.91. The molecule has 7 nitrogen and oxygen atoms in total. The first-order valence-corrected chi connectivity index (χ1v) is 10.4. The molecule has 0 saturated carbocycles. The van der Waals surface area contributed by atoms with Gasteiger partial charge in [0.05, 0.1) is 10.4 Å². The molecule has 2 rings (SSSR count). The van der Waals surface area contributed by atoms with Crippen molar-refractivity contribution in [1.29, 1.82) is 0 Å². The van der Waals surface area contributed by atoms with Crippen LogP contribution < -0.4 is 0 Å². The largest absolute Gasteiger partial charge is 0.480 e. The van der Waals surface area contributed by atoms with Gasteiger partial charge in [-0.1, -0.05) is 60.2 Å². The van der Waals surface area contributed by atoms with Gasteiger partial charge < -0.3 is 14.8 Å². The van der Waals surface area contributed by atoms with Crippen LogP contribution in [0, 0.1) is 5.92 Å². The maximum atomic E-state index is 11.8. The summed E-state index contributed by atoms with van der Waals surface area (Å²) in [5.41, 5.74) is 1.86. The molecular weight excluding hydrogens is 497 g/mol. The van der Waals surface area contributed by atoms with Crippen LogP contribution in [0.2, 0.25) is 5.02 Å². The van der Waals surface area contributed by atoms with E-state index in [0.717, 1.165) is 16.2 Å². The third kappa shape index (κ3) is 6.10. The van der Waals surface area contributed by atoms with Crippen molar-refractivity contribution in [3.8, 4) is 0 Å². The van der Waals surface area contributed by atoms with E-state index in [1.807, 2.05) is 65.3 Å². The molecule has 0 saturated heterocycles. The lowest BCUT2D eigenvalue weighted by Gasteiger charge is -2.31. The summed E-state index contributed by atoms with van der Waals surface area (Å²) in [5.74, 6) is -1.07. The van der Waals surface area contributed by atoms with Crippen molar-refractivity contribution < 1.29 is 19.8 Å². The van der Waals surface area contributed by atoms with Gasteiger partial charge in [-0.25, -0.2) is 14.6 Å². The Balaban J connectivity index is 2.18. The zero-order valence-corrected chi connectivity index (χ0v) is 18.5. The summed E-state index contributed by atoms with van der Waals surface area (Å²) in [7, 11) is 0. The van der Waals surface area contributed by atoms with E-state index in [-0.39, 0.29) is 12.3 Å². The van der Waals surface area contributed by atoms with E-state index in [1.54, 1.807) is 12.5 Å². The third-order valence-electron chi connectivity index (χ3n) is 4.28. The smallest absolute Gasteiger partial charge is 0.408 e. The number of carboxylic acids is 1. The van der Waals surface area contributed by atoms with Gasteiger partial charge in [-0.15, -0.1) is 0 Å². The van der Waals surface area contributed by atoms with E-state index in [1.165, 1.54) is 0 Å². The summed E-state index contributed by atoms with van der Waals surface area (Å²) in [5, 5.41) is 19.9. The van der Waals surface area contributed by atoms with Gasteiger partial charge in [-0.2, -0.15) is 0 Å². The Labute approximate surface area is 182 Å². The highest BCUT2D eigenvalue weighted by molar-refractivity contribution is 14.1. The van der Waals surface area contributed by atoms with Gasteiger partial charge in [0.25, 0.3) is 0 Å². The number of alkyl halides is 1. The number of aromatic nitrogens is 2. The van der Waals surface area contributed by atoms with Crippen molar-refractivity contribution in [1.82, 2.24) is 14.5 Å². The van der Waals surface area contributed by atoms with Crippen molar-refractivity contribution in [3.63, 3.8) is 0 Å². The highest BCUT2D eigenvalue weighted by atomic mass is 127. The number of hydrogen-bond acceptors (Lipinski definition) is 3. The molecule has 1 heterocycles. The molecule has 2 atom stereocenters. The summed E-state index contributed by atoms with van der Waals surface area (Å²) in [4.78, 5) is 28.7. The Bertz CT molecular complexity index is 810. The molecule has 0 radical (unpaired) electrons. The van der Waals surface area contributed by atoms with Crippen LogP contribution in [-0.4, -0.2) is 46.8 Å². The zero-order chi connectivity index (χ0) is 20.8. The van der Waals surface area contributed by atoms with Crippen LogP contribution in [-0.2, 0) is 17.8 Å². The number of aliphatic carboxylic acids is 1. The fraction of sp³-hybridized carbons (Fsp3) is 0.421. The number of halogens is 2. The van der Waals surface area contributed by atoms with Crippen LogP contribution in [0.4, 0.5) is 4.79 Å². The highest BCUT2D eigenvalue weighted by Crippen LogP contribution is 2.23. The predicted molar refractivity (Wildman–Crippen MR) is 115 cm³/mol. The van der Waals surface area contributed by atoms with Gasteiger partial charge in [0.15, 0.2) is 0 Å². The Morgan fingerprint density at radius 3 is 2.43 bits per heavy atom. The van der Waals surface area contributed by atoms with Gasteiger partial charge in [0.2, 0.25) is 0 Å². The number of imidazole rings is 1. The Morgan fingerprint density at radius 2 is 1.89 bits per heavy atom. The van der Waals surface area contributed by atoms with Gasteiger partial charge in [-0.3, -0.25) is 4.90 Å². The molecule has 0 aliphatic heterocycles. The molecule has 28 heavy (non-hydrogen) atoms. The normalized spacial score (nSPS) is 13.3. The molecule has 0 spiro atoms. The minimum absolute atomic E-state index is 0.0574. The van der Waals surface area contributed by atoms with E-state index in [0.29, 0.717) is 18.0 Å². The van der Waals surface area contributed by atoms with Crippen molar-refractivity contribution in [3.05, 3.63) is 53.1 Å². The van der Waals surface area contributed by atoms with Gasteiger partial charge in [0.1, 0.15) is 6.04 Å². The van der Waals surface area contributed by atoms with Crippen LogP contribution in [0.3, 0.4) is 0 Å². The van der Waals surface area contributed by atoms with E-state index < -0.39 is 22.2 Å². The van der Waals surface area contributed by atoms with E-state index in [9.17, 15) is 19.8 Å². The van der Waals surface area contributed by atoms with Crippen LogP contribution in [0.5, 0.6) is 0 Å². The minimum atomic E-state index is -1.24. The first-order valence-electron chi connectivity index (χ1n) is 8.80. The molecule has 1 aromatic heterocycles. The average molecular weight is 520 g/mol. The van der Waals surface area contributed by atoms with E-state index in [4.69, 9.17) is 11.6 Å². The van der Waals surface area contributed by atoms with Crippen molar-refractivity contribution in [2.75, 3.05) is 0 Å². The zero-order valence-electron chi connectivity index (χ0n) is 15.6. The van der Waals surface area contributed by atoms with Gasteiger partial charge in [0, 0.05) is 29.9 Å². The topological polar surface area (TPSA) is 95.7 Å². The molecule has 2 N–H and O–H groups in total. The predicted octanol–water partition coefficient (Wildman–Crippen LogP) is 4.37. The molecule has 9 heteroatoms. The lowest BCUT2D eigenvalue weighted by Crippen LogP contribution is -2.49. The van der Waals surface area contributed by atoms with E-state index >= 15 is 0 Å². The second kappa shape index (κ2) is 10.1. The lowest BCUT2D eigenvalue weighted by atomic mass is 10.0. The first kappa shape index (κ1) is 22.5. The molecular formula is C19H23ClIN3O4. The number of nitrogens with zero attached hydrogens (tertiary/aromatic N) is 3. The summed E-state index contributed by atoms with van der Waals surface area (Å²) in [6, 6.07) is 6.36. The minimum Gasteiger partial charge on any atom is -0.480 e. The maximum absolute atomic E-state index is 11.8. The molecule has 0 aliphatic carbocycles. The monoisotopic (exact) mass is 519 g/mol. The van der Waals surface area contributed by atoms with Crippen LogP contribution in [0.25, 0.3) is 0 Å². The highest BCUT2D eigenvalue weighted by Gasteiger charge is 2.35. The number of hydrogen-bond donors (Lipinski definition) is 2. The molecule has 2 aromatic rings. The van der Waals surface area contributed by atoms with Crippen molar-refractivity contribution in [2.45, 2.75) is 43.3 Å². The Kier molecular flexibility index (Phi) is 8.11. The van der Waals surface area contributed by atoms with Crippen molar-refractivity contribution in [2.24, 2.45) is 5.92 Å². The number of amides is 1. The van der Waals surface area contributed by atoms with Crippen LogP contribution in [0.15, 0.2) is 36.8 Å². The van der Waals surface area contributed by atoms with E-state index in [2.05, 4.69) is 4.98 Å². The maximum Gasteiger partial charge on any atom is 0.408 e. The fourth-order valence-corrected chi connectivity index (χ4v) is 4.15. The number of benzene rings is 1. The van der Waals surface area contributed by atoms with Gasteiger partial charge in [-0.05, 0) is 30.0 Å². The standard InChI is InChI=1S/C19H23ClIN3O4/c1-12(2)7-16(18(25)26)24(19(27)28)17(21)8-15-9-22-11-23(15)10-13-3-5-14(20)6-4-13/h3-6,9,11-12,16-17H,7-8,10H2,1-2H3,(H,25,26)(H,27,28). The van der Waals surface area contributed by atoms with Crippen LogP contribution >= 0.6 is 34.2 Å². The Morgan fingerprint density at radius 1 is 1.25 bits per heavy atom. The number of carbonyl (C=O) groups is 2. The summed E-state index contributed by atoms with van der Waals surface area (Å²) in [6.07, 6.45) is 2.73. The van der Waals surface area contributed by atoms with Gasteiger partial charge >= 0.3 is 12.1 Å². The number of rotatable bonds is 9. The molecule has 0 bridgehead atoms.